The predicted octanol–water partition coefficient (Wildman–Crippen LogP) is 1.71. The summed E-state index contributed by atoms with van der Waals surface area (Å²) in [6.45, 7) is 0.00433. The van der Waals surface area contributed by atoms with Crippen LogP contribution in [0.2, 0.25) is 0 Å². The molecule has 1 aliphatic heterocycles. The first-order chi connectivity index (χ1) is 13.3. The predicted molar refractivity (Wildman–Crippen MR) is 87.4 cm³/mol. The fourth-order valence-corrected chi connectivity index (χ4v) is 3.14. The van der Waals surface area contributed by atoms with Gasteiger partial charge in [-0.2, -0.15) is 26.3 Å². The molecule has 14 heteroatoms. The van der Waals surface area contributed by atoms with E-state index in [9.17, 15) is 45.5 Å². The van der Waals surface area contributed by atoms with Crippen molar-refractivity contribution in [2.75, 3.05) is 18.8 Å². The van der Waals surface area contributed by atoms with E-state index in [1.165, 1.54) is 0 Å². The molecule has 1 amide bonds. The van der Waals surface area contributed by atoms with Crippen molar-refractivity contribution in [2.45, 2.75) is 44.1 Å². The fourth-order valence-electron chi connectivity index (χ4n) is 2.32. The zero-order chi connectivity index (χ0) is 22.2. The summed E-state index contributed by atoms with van der Waals surface area (Å²) in [7, 11) is 0. The minimum absolute atomic E-state index is 0.211. The Labute approximate surface area is 165 Å². The number of alkyl halides is 6. The van der Waals surface area contributed by atoms with Crippen molar-refractivity contribution in [1.82, 2.24) is 10.6 Å². The number of halogens is 6. The summed E-state index contributed by atoms with van der Waals surface area (Å²) in [5.74, 6) is -6.36. The molecular weight excluding hydrogens is 434 g/mol. The number of rotatable bonds is 8. The van der Waals surface area contributed by atoms with E-state index in [0.29, 0.717) is 19.4 Å². The molecule has 0 aromatic carbocycles. The van der Waals surface area contributed by atoms with E-state index in [-0.39, 0.29) is 24.6 Å². The lowest BCUT2D eigenvalue weighted by Gasteiger charge is -2.17. The van der Waals surface area contributed by atoms with Gasteiger partial charge in [0.2, 0.25) is 0 Å². The van der Waals surface area contributed by atoms with Gasteiger partial charge in [0.15, 0.2) is 0 Å². The molecule has 1 unspecified atom stereocenters. The Balaban J connectivity index is 2.61. The maximum atomic E-state index is 12.3. The van der Waals surface area contributed by atoms with Crippen LogP contribution < -0.4 is 10.6 Å². The van der Waals surface area contributed by atoms with Crippen LogP contribution in [0, 0.1) is 5.92 Å². The molecule has 0 bridgehead atoms. The van der Waals surface area contributed by atoms with Gasteiger partial charge in [-0.15, -0.1) is 0 Å². The van der Waals surface area contributed by atoms with Crippen molar-refractivity contribution in [3.63, 3.8) is 0 Å². The van der Waals surface area contributed by atoms with Gasteiger partial charge >= 0.3 is 30.2 Å². The number of hydrogen-bond donors (Lipinski definition) is 2. The van der Waals surface area contributed by atoms with Crippen LogP contribution in [0.25, 0.3) is 0 Å². The summed E-state index contributed by atoms with van der Waals surface area (Å²) in [5, 5.41) is 2.14. The van der Waals surface area contributed by atoms with Crippen LogP contribution >= 0.6 is 11.8 Å². The van der Waals surface area contributed by atoms with Crippen molar-refractivity contribution in [2.24, 2.45) is 5.92 Å². The lowest BCUT2D eigenvalue weighted by Crippen LogP contribution is -2.38. The van der Waals surface area contributed by atoms with Crippen molar-refractivity contribution < 1.29 is 50.3 Å². The van der Waals surface area contributed by atoms with Crippen LogP contribution in [0.1, 0.15) is 25.7 Å². The molecule has 166 valence electrons. The molecule has 29 heavy (non-hydrogen) atoms. The van der Waals surface area contributed by atoms with Crippen LogP contribution in [0.5, 0.6) is 0 Å². The molecular formula is C15H18F6N2O5S. The lowest BCUT2D eigenvalue weighted by molar-refractivity contribution is -0.173. The molecule has 1 rings (SSSR count). The normalized spacial score (nSPS) is 18.2. The standard InChI is InChI=1S/C15H18F6N2O5S/c16-14(17,18)12(26)23-6-1-3-8(7-29-13(27)15(19,20)21)10(24)28-11(25)9-4-2-5-22-9/h8-9,22H,1-7H2,(H,23,26)/t8?,9-/m0/s1. The molecule has 1 aliphatic rings. The van der Waals surface area contributed by atoms with E-state index in [0.717, 1.165) is 0 Å². The Morgan fingerprint density at radius 1 is 1.10 bits per heavy atom. The number of amides is 1. The largest absolute Gasteiger partial charge is 0.471 e. The summed E-state index contributed by atoms with van der Waals surface area (Å²) in [5.41, 5.74) is 0. The van der Waals surface area contributed by atoms with E-state index in [1.54, 1.807) is 5.32 Å². The minimum atomic E-state index is -5.14. The van der Waals surface area contributed by atoms with Gasteiger partial charge in [0, 0.05) is 12.3 Å². The maximum absolute atomic E-state index is 12.3. The van der Waals surface area contributed by atoms with E-state index in [2.05, 4.69) is 10.1 Å². The highest BCUT2D eigenvalue weighted by Crippen LogP contribution is 2.26. The number of nitrogens with one attached hydrogen (secondary N) is 2. The highest BCUT2D eigenvalue weighted by atomic mass is 32.2. The molecule has 7 nitrogen and oxygen atoms in total. The second kappa shape index (κ2) is 10.8. The molecule has 0 radical (unpaired) electrons. The average Bonchev–Trinajstić information content (AvgIpc) is 3.13. The highest BCUT2D eigenvalue weighted by Gasteiger charge is 2.40. The Bertz CT molecular complexity index is 619. The van der Waals surface area contributed by atoms with Crippen LogP contribution in [0.15, 0.2) is 0 Å². The Kier molecular flexibility index (Phi) is 9.39. The minimum Gasteiger partial charge on any atom is -0.392 e. The van der Waals surface area contributed by atoms with Crippen molar-refractivity contribution in [1.29, 1.82) is 0 Å². The highest BCUT2D eigenvalue weighted by molar-refractivity contribution is 8.13. The second-order valence-corrected chi connectivity index (χ2v) is 7.07. The molecule has 1 heterocycles. The third kappa shape index (κ3) is 9.02. The number of carbonyl (C=O) groups excluding carboxylic acids is 4. The fraction of sp³-hybridized carbons (Fsp3) is 0.733. The summed E-state index contributed by atoms with van der Waals surface area (Å²) < 4.78 is 77.9. The van der Waals surface area contributed by atoms with E-state index >= 15 is 0 Å². The van der Waals surface area contributed by atoms with E-state index in [1.807, 2.05) is 0 Å². The number of carbonyl (C=O) groups is 4. The summed E-state index contributed by atoms with van der Waals surface area (Å²) >= 11 is -0.211. The molecule has 0 spiro atoms. The van der Waals surface area contributed by atoms with Crippen molar-refractivity contribution >= 4 is 34.7 Å². The first kappa shape index (κ1) is 25.2. The SMILES string of the molecule is O=C(OC(=O)[C@@H]1CCCN1)C(CCCNC(=O)C(F)(F)F)CSC(=O)C(F)(F)F. The van der Waals surface area contributed by atoms with E-state index < -0.39 is 59.6 Å². The average molecular weight is 452 g/mol. The molecule has 2 atom stereocenters. The van der Waals surface area contributed by atoms with Crippen LogP contribution in [0.4, 0.5) is 26.3 Å². The molecule has 2 N–H and O–H groups in total. The molecule has 0 saturated carbocycles. The molecule has 0 aromatic rings. The Hall–Kier alpha value is -1.83. The number of esters is 2. The molecule has 1 saturated heterocycles. The van der Waals surface area contributed by atoms with Gasteiger partial charge in [0.05, 0.1) is 5.92 Å². The Morgan fingerprint density at radius 2 is 1.76 bits per heavy atom. The van der Waals surface area contributed by atoms with Crippen LogP contribution in [0.3, 0.4) is 0 Å². The van der Waals surface area contributed by atoms with E-state index in [4.69, 9.17) is 0 Å². The van der Waals surface area contributed by atoms with Gasteiger partial charge in [-0.3, -0.25) is 14.4 Å². The van der Waals surface area contributed by atoms with Gasteiger partial charge in [-0.05, 0) is 32.2 Å². The summed E-state index contributed by atoms with van der Waals surface area (Å²) in [6.07, 6.45) is -9.70. The first-order valence-corrected chi connectivity index (χ1v) is 9.38. The number of thioether (sulfide) groups is 1. The zero-order valence-electron chi connectivity index (χ0n) is 14.8. The van der Waals surface area contributed by atoms with Crippen LogP contribution in [-0.2, 0) is 23.9 Å². The Morgan fingerprint density at radius 3 is 2.28 bits per heavy atom. The second-order valence-electron chi connectivity index (χ2n) is 6.08. The first-order valence-electron chi connectivity index (χ1n) is 8.40. The monoisotopic (exact) mass is 452 g/mol. The third-order valence-electron chi connectivity index (χ3n) is 3.80. The van der Waals surface area contributed by atoms with Gasteiger partial charge < -0.3 is 15.4 Å². The topological polar surface area (TPSA) is 102 Å². The van der Waals surface area contributed by atoms with Crippen molar-refractivity contribution in [3.05, 3.63) is 0 Å². The van der Waals surface area contributed by atoms with Gasteiger partial charge in [-0.25, -0.2) is 4.79 Å². The summed E-state index contributed by atoms with van der Waals surface area (Å²) in [4.78, 5) is 45.6. The molecule has 1 fully saturated rings. The summed E-state index contributed by atoms with van der Waals surface area (Å²) in [6, 6.07) is -0.741. The molecule has 0 aromatic heterocycles. The number of ether oxygens (including phenoxy) is 1. The van der Waals surface area contributed by atoms with Crippen molar-refractivity contribution in [3.8, 4) is 0 Å². The van der Waals surface area contributed by atoms with Gasteiger partial charge in [-0.1, -0.05) is 11.8 Å². The number of hydrogen-bond acceptors (Lipinski definition) is 7. The third-order valence-corrected chi connectivity index (χ3v) is 4.86. The molecule has 0 aliphatic carbocycles. The maximum Gasteiger partial charge on any atom is 0.471 e. The smallest absolute Gasteiger partial charge is 0.392 e. The van der Waals surface area contributed by atoms with Gasteiger partial charge in [0.25, 0.3) is 5.12 Å². The van der Waals surface area contributed by atoms with Crippen LogP contribution in [-0.4, -0.2) is 60.2 Å². The van der Waals surface area contributed by atoms with Gasteiger partial charge in [0.1, 0.15) is 6.04 Å². The quantitative estimate of drug-likeness (QED) is 0.250. The zero-order valence-corrected chi connectivity index (χ0v) is 15.6. The lowest BCUT2D eigenvalue weighted by atomic mass is 10.1.